The van der Waals surface area contributed by atoms with Crippen LogP contribution in [0.3, 0.4) is 0 Å². The second-order valence-corrected chi connectivity index (χ2v) is 13.5. The fourth-order valence-electron chi connectivity index (χ4n) is 8.51. The van der Waals surface area contributed by atoms with Crippen LogP contribution in [0.4, 0.5) is 0 Å². The number of rotatable bonds is 7. The van der Waals surface area contributed by atoms with E-state index in [0.717, 1.165) is 16.7 Å². The van der Waals surface area contributed by atoms with Crippen molar-refractivity contribution in [3.05, 3.63) is 154 Å². The highest BCUT2D eigenvalue weighted by Gasteiger charge is 2.34. The molecule has 0 bridgehead atoms. The van der Waals surface area contributed by atoms with Crippen LogP contribution in [-0.2, 0) is 0 Å². The van der Waals surface area contributed by atoms with Gasteiger partial charge in [-0.3, -0.25) is 9.97 Å². The molecular weight excluding hydrogens is 579 g/mol. The molecular formula is C45H45BN2. The first kappa shape index (κ1) is 32.9. The molecule has 0 spiro atoms. The molecule has 0 saturated carbocycles. The van der Waals surface area contributed by atoms with Gasteiger partial charge >= 0.3 is 0 Å². The molecule has 238 valence electrons. The van der Waals surface area contributed by atoms with E-state index in [4.69, 9.17) is 0 Å². The van der Waals surface area contributed by atoms with Crippen molar-refractivity contribution in [3.8, 4) is 33.4 Å². The van der Waals surface area contributed by atoms with E-state index in [0.29, 0.717) is 0 Å². The van der Waals surface area contributed by atoms with E-state index in [1.165, 1.54) is 88.7 Å². The Kier molecular flexibility index (Phi) is 9.08. The minimum Gasteiger partial charge on any atom is -0.264 e. The van der Waals surface area contributed by atoms with Crippen molar-refractivity contribution in [1.29, 1.82) is 0 Å². The van der Waals surface area contributed by atoms with E-state index >= 15 is 0 Å². The number of hydrogen-bond acceptors (Lipinski definition) is 2. The second kappa shape index (κ2) is 13.2. The smallest absolute Gasteiger partial charge is 0.243 e. The summed E-state index contributed by atoms with van der Waals surface area (Å²) in [7, 11) is 0. The minimum atomic E-state index is 0.00356. The Hall–Kier alpha value is -5.02. The molecule has 2 aromatic heterocycles. The maximum absolute atomic E-state index is 4.52. The maximum Gasteiger partial charge on any atom is 0.243 e. The molecule has 0 atom stereocenters. The third-order valence-electron chi connectivity index (χ3n) is 10.3. The van der Waals surface area contributed by atoms with Crippen LogP contribution in [0.1, 0.15) is 55.6 Å². The molecule has 2 nitrogen and oxygen atoms in total. The molecule has 0 saturated heterocycles. The summed E-state index contributed by atoms with van der Waals surface area (Å²) in [6, 6.07) is 24.4. The highest BCUT2D eigenvalue weighted by molar-refractivity contribution is 6.97. The molecule has 0 aliphatic rings. The van der Waals surface area contributed by atoms with Crippen molar-refractivity contribution in [2.75, 3.05) is 0 Å². The lowest BCUT2D eigenvalue weighted by molar-refractivity contribution is 1.29. The lowest BCUT2D eigenvalue weighted by Crippen LogP contribution is -2.58. The third-order valence-corrected chi connectivity index (χ3v) is 10.3. The zero-order valence-electron chi connectivity index (χ0n) is 29.9. The van der Waals surface area contributed by atoms with Gasteiger partial charge in [-0.05, 0) is 136 Å². The van der Waals surface area contributed by atoms with Crippen LogP contribution < -0.4 is 16.4 Å². The van der Waals surface area contributed by atoms with Gasteiger partial charge in [-0.15, -0.1) is 0 Å². The highest BCUT2D eigenvalue weighted by Crippen LogP contribution is 2.33. The second-order valence-electron chi connectivity index (χ2n) is 13.5. The number of benzene rings is 4. The van der Waals surface area contributed by atoms with Crippen LogP contribution in [0.25, 0.3) is 39.5 Å². The van der Waals surface area contributed by atoms with E-state index in [1.807, 2.05) is 43.0 Å². The predicted octanol–water partition coefficient (Wildman–Crippen LogP) is 9.41. The lowest BCUT2D eigenvalue weighted by atomic mass is 9.32. The van der Waals surface area contributed by atoms with Gasteiger partial charge in [-0.1, -0.05) is 100 Å². The Morgan fingerprint density at radius 3 is 1.19 bits per heavy atom. The largest absolute Gasteiger partial charge is 0.264 e. The molecule has 48 heavy (non-hydrogen) atoms. The van der Waals surface area contributed by atoms with E-state index in [-0.39, 0.29) is 6.71 Å². The fraction of sp³-hybridized carbons (Fsp3) is 0.200. The van der Waals surface area contributed by atoms with Crippen LogP contribution in [0, 0.1) is 62.3 Å². The number of aromatic nitrogens is 2. The Morgan fingerprint density at radius 1 is 0.479 bits per heavy atom. The summed E-state index contributed by atoms with van der Waals surface area (Å²) in [5.41, 5.74) is 24.3. The van der Waals surface area contributed by atoms with Crippen molar-refractivity contribution in [2.24, 2.45) is 0 Å². The number of pyridine rings is 2. The predicted molar refractivity (Wildman–Crippen MR) is 209 cm³/mol. The molecule has 3 heteroatoms. The molecule has 0 aliphatic heterocycles. The van der Waals surface area contributed by atoms with Gasteiger partial charge in [-0.2, -0.15) is 0 Å². The van der Waals surface area contributed by atoms with Gasteiger partial charge in [0.2, 0.25) is 6.71 Å². The van der Waals surface area contributed by atoms with Gasteiger partial charge in [0, 0.05) is 35.9 Å². The van der Waals surface area contributed by atoms with Gasteiger partial charge in [0.15, 0.2) is 0 Å². The van der Waals surface area contributed by atoms with E-state index in [9.17, 15) is 0 Å². The van der Waals surface area contributed by atoms with Gasteiger partial charge in [-0.25, -0.2) is 0 Å². The molecule has 4 aromatic carbocycles. The van der Waals surface area contributed by atoms with Crippen LogP contribution in [-0.4, -0.2) is 16.7 Å². The van der Waals surface area contributed by atoms with Gasteiger partial charge < -0.3 is 0 Å². The molecule has 0 N–H and O–H groups in total. The molecule has 0 fully saturated rings. The Labute approximate surface area is 287 Å². The SMILES string of the molecule is C=Cc1ccc(-c2c(C)cc(C)c(B(c3c(C)cc(C)c(-c4cccnc4)c3C)c3c(C)cc(C)c(-c4cccnc4)c3C)c2C)cc1. The summed E-state index contributed by atoms with van der Waals surface area (Å²) < 4.78 is 0. The van der Waals surface area contributed by atoms with Crippen LogP contribution >= 0.6 is 0 Å². The summed E-state index contributed by atoms with van der Waals surface area (Å²) in [5.74, 6) is 0. The Balaban J connectivity index is 1.76. The first-order chi connectivity index (χ1) is 23.0. The van der Waals surface area contributed by atoms with Gasteiger partial charge in [0.05, 0.1) is 0 Å². The Bertz CT molecular complexity index is 2060. The van der Waals surface area contributed by atoms with Gasteiger partial charge in [0.1, 0.15) is 0 Å². The summed E-state index contributed by atoms with van der Waals surface area (Å²) in [4.78, 5) is 9.05. The number of hydrogen-bond donors (Lipinski definition) is 0. The summed E-state index contributed by atoms with van der Waals surface area (Å²) in [5, 5.41) is 0. The van der Waals surface area contributed by atoms with Crippen LogP contribution in [0.5, 0.6) is 0 Å². The quantitative estimate of drug-likeness (QED) is 0.165. The van der Waals surface area contributed by atoms with Crippen molar-refractivity contribution in [3.63, 3.8) is 0 Å². The Morgan fingerprint density at radius 2 is 0.854 bits per heavy atom. The zero-order valence-corrected chi connectivity index (χ0v) is 29.9. The van der Waals surface area contributed by atoms with E-state index in [2.05, 4.69) is 133 Å². The van der Waals surface area contributed by atoms with Crippen molar-refractivity contribution < 1.29 is 0 Å². The molecule has 0 radical (unpaired) electrons. The summed E-state index contributed by atoms with van der Waals surface area (Å²) >= 11 is 0. The summed E-state index contributed by atoms with van der Waals surface area (Å²) in [6.07, 6.45) is 9.62. The first-order valence-electron chi connectivity index (χ1n) is 16.9. The van der Waals surface area contributed by atoms with E-state index in [1.54, 1.807) is 0 Å². The normalized spacial score (nSPS) is 11.1. The number of nitrogens with zero attached hydrogens (tertiary/aromatic N) is 2. The van der Waals surface area contributed by atoms with Crippen LogP contribution in [0.2, 0.25) is 0 Å². The summed E-state index contributed by atoms with van der Waals surface area (Å²) in [6.45, 7) is 24.6. The monoisotopic (exact) mass is 624 g/mol. The molecule has 2 heterocycles. The zero-order chi connectivity index (χ0) is 34.3. The average molecular weight is 625 g/mol. The van der Waals surface area contributed by atoms with Crippen molar-refractivity contribution in [2.45, 2.75) is 62.3 Å². The fourth-order valence-corrected chi connectivity index (χ4v) is 8.51. The number of aryl methyl sites for hydroxylation is 6. The average Bonchev–Trinajstić information content (AvgIpc) is 3.05. The van der Waals surface area contributed by atoms with Gasteiger partial charge in [0.25, 0.3) is 0 Å². The minimum absolute atomic E-state index is 0.00356. The molecule has 6 rings (SSSR count). The van der Waals surface area contributed by atoms with E-state index < -0.39 is 0 Å². The van der Waals surface area contributed by atoms with Crippen LogP contribution in [0.15, 0.2) is 98.1 Å². The maximum atomic E-state index is 4.52. The topological polar surface area (TPSA) is 25.8 Å². The van der Waals surface area contributed by atoms with Crippen molar-refractivity contribution in [1.82, 2.24) is 9.97 Å². The highest BCUT2D eigenvalue weighted by atomic mass is 14.6. The molecule has 0 aliphatic carbocycles. The standard InChI is InChI=1S/C45H45BN2/c1-11-36-16-18-37(19-17-36)40-27(2)22-30(5)43(33(40)8)46(44-31(6)23-28(3)41(34(44)9)38-14-12-20-47-25-38)45-32(7)24-29(4)42(35(45)10)39-15-13-21-48-26-39/h11-26H,1H2,2-10H3. The molecule has 0 unspecified atom stereocenters. The molecule has 6 aromatic rings. The molecule has 0 amide bonds. The third kappa shape index (κ3) is 5.72. The lowest BCUT2D eigenvalue weighted by Gasteiger charge is -2.31. The van der Waals surface area contributed by atoms with Crippen molar-refractivity contribution >= 4 is 29.2 Å². The first-order valence-corrected chi connectivity index (χ1v) is 16.9.